The maximum absolute atomic E-state index is 10.7. The predicted molar refractivity (Wildman–Crippen MR) is 46.8 cm³/mol. The van der Waals surface area contributed by atoms with E-state index < -0.39 is 12.2 Å². The van der Waals surface area contributed by atoms with Gasteiger partial charge < -0.3 is 21.3 Å². The average Bonchev–Trinajstić information content (AvgIpc) is 1.99. The number of amides is 1. The lowest BCUT2D eigenvalue weighted by Crippen LogP contribution is -2.55. The fourth-order valence-corrected chi connectivity index (χ4v) is 1.61. The molecule has 1 saturated carbocycles. The molecule has 5 nitrogen and oxygen atoms in total. The Hall–Kier alpha value is -0.650. The standard InChI is InChI=1S/C8H16N2O3/c1-4(11)10-6-2-5(9)7(12)3-8(6)13/h5-8,12-13H,2-3,9H2,1H3,(H,10,11). The van der Waals surface area contributed by atoms with E-state index in [4.69, 9.17) is 5.73 Å². The van der Waals surface area contributed by atoms with Crippen molar-refractivity contribution < 1.29 is 15.0 Å². The lowest BCUT2D eigenvalue weighted by atomic mass is 9.87. The summed E-state index contributed by atoms with van der Waals surface area (Å²) in [4.78, 5) is 10.7. The molecular weight excluding hydrogens is 172 g/mol. The van der Waals surface area contributed by atoms with Crippen molar-refractivity contribution >= 4 is 5.91 Å². The second kappa shape index (κ2) is 4.04. The SMILES string of the molecule is CC(=O)NC1CC(N)C(O)CC1O. The van der Waals surface area contributed by atoms with Crippen molar-refractivity contribution in [2.24, 2.45) is 5.73 Å². The first kappa shape index (κ1) is 10.4. The molecule has 4 unspecified atom stereocenters. The van der Waals surface area contributed by atoms with Gasteiger partial charge in [-0.3, -0.25) is 4.79 Å². The normalized spacial score (nSPS) is 40.0. The summed E-state index contributed by atoms with van der Waals surface area (Å²) in [6.45, 7) is 1.39. The number of hydrogen-bond acceptors (Lipinski definition) is 4. The van der Waals surface area contributed by atoms with E-state index >= 15 is 0 Å². The fourth-order valence-electron chi connectivity index (χ4n) is 1.61. The van der Waals surface area contributed by atoms with E-state index in [0.29, 0.717) is 6.42 Å². The molecule has 5 N–H and O–H groups in total. The van der Waals surface area contributed by atoms with Crippen LogP contribution in [0.5, 0.6) is 0 Å². The van der Waals surface area contributed by atoms with Crippen LogP contribution in [0.4, 0.5) is 0 Å². The van der Waals surface area contributed by atoms with Crippen molar-refractivity contribution in [1.82, 2.24) is 5.32 Å². The fraction of sp³-hybridized carbons (Fsp3) is 0.875. The van der Waals surface area contributed by atoms with Crippen molar-refractivity contribution in [2.75, 3.05) is 0 Å². The van der Waals surface area contributed by atoms with Crippen LogP contribution in [-0.2, 0) is 4.79 Å². The number of carbonyl (C=O) groups excluding carboxylic acids is 1. The van der Waals surface area contributed by atoms with Gasteiger partial charge in [0.05, 0.1) is 18.2 Å². The summed E-state index contributed by atoms with van der Waals surface area (Å²) < 4.78 is 0. The van der Waals surface area contributed by atoms with Gasteiger partial charge in [-0.1, -0.05) is 0 Å². The minimum Gasteiger partial charge on any atom is -0.391 e. The van der Waals surface area contributed by atoms with Gasteiger partial charge in [-0.2, -0.15) is 0 Å². The van der Waals surface area contributed by atoms with Crippen molar-refractivity contribution in [1.29, 1.82) is 0 Å². The Balaban J connectivity index is 2.51. The van der Waals surface area contributed by atoms with E-state index in [2.05, 4.69) is 5.32 Å². The van der Waals surface area contributed by atoms with Crippen LogP contribution in [0.25, 0.3) is 0 Å². The number of carbonyl (C=O) groups is 1. The molecule has 0 spiro atoms. The van der Waals surface area contributed by atoms with Crippen LogP contribution < -0.4 is 11.1 Å². The molecule has 0 saturated heterocycles. The van der Waals surface area contributed by atoms with Crippen LogP contribution in [0, 0.1) is 0 Å². The first-order valence-electron chi connectivity index (χ1n) is 4.39. The first-order chi connectivity index (χ1) is 6.00. The zero-order valence-electron chi connectivity index (χ0n) is 7.60. The Morgan fingerprint density at radius 1 is 1.38 bits per heavy atom. The molecule has 0 aliphatic heterocycles. The molecule has 1 rings (SSSR count). The van der Waals surface area contributed by atoms with Gasteiger partial charge in [0, 0.05) is 19.4 Å². The van der Waals surface area contributed by atoms with Crippen LogP contribution in [0.3, 0.4) is 0 Å². The maximum atomic E-state index is 10.7. The molecule has 1 fully saturated rings. The Morgan fingerprint density at radius 2 is 2.00 bits per heavy atom. The van der Waals surface area contributed by atoms with Crippen LogP contribution in [-0.4, -0.2) is 40.4 Å². The van der Waals surface area contributed by atoms with Crippen molar-refractivity contribution in [3.8, 4) is 0 Å². The first-order valence-corrected chi connectivity index (χ1v) is 4.39. The number of rotatable bonds is 1. The van der Waals surface area contributed by atoms with Gasteiger partial charge >= 0.3 is 0 Å². The predicted octanol–water partition coefficient (Wildman–Crippen LogP) is -1.67. The van der Waals surface area contributed by atoms with Gasteiger partial charge in [-0.25, -0.2) is 0 Å². The van der Waals surface area contributed by atoms with Gasteiger partial charge in [0.2, 0.25) is 5.91 Å². The van der Waals surface area contributed by atoms with Crippen LogP contribution in [0.2, 0.25) is 0 Å². The van der Waals surface area contributed by atoms with E-state index in [9.17, 15) is 15.0 Å². The second-order valence-corrected chi connectivity index (χ2v) is 3.58. The number of hydrogen-bond donors (Lipinski definition) is 4. The molecule has 13 heavy (non-hydrogen) atoms. The smallest absolute Gasteiger partial charge is 0.217 e. The molecule has 4 atom stereocenters. The Bertz CT molecular complexity index is 198. The summed E-state index contributed by atoms with van der Waals surface area (Å²) in [5.41, 5.74) is 5.59. The van der Waals surface area contributed by atoms with E-state index in [1.807, 2.05) is 0 Å². The van der Waals surface area contributed by atoms with Gasteiger partial charge in [-0.15, -0.1) is 0 Å². The Morgan fingerprint density at radius 3 is 2.54 bits per heavy atom. The average molecular weight is 188 g/mol. The molecule has 0 radical (unpaired) electrons. The summed E-state index contributed by atoms with van der Waals surface area (Å²) >= 11 is 0. The van der Waals surface area contributed by atoms with E-state index in [1.165, 1.54) is 6.92 Å². The highest BCUT2D eigenvalue weighted by molar-refractivity contribution is 5.73. The lowest BCUT2D eigenvalue weighted by Gasteiger charge is -2.35. The third-order valence-electron chi connectivity index (χ3n) is 2.36. The highest BCUT2D eigenvalue weighted by Gasteiger charge is 2.33. The third kappa shape index (κ3) is 2.65. The molecule has 1 amide bonds. The molecule has 76 valence electrons. The summed E-state index contributed by atoms with van der Waals surface area (Å²) in [5.74, 6) is -0.187. The van der Waals surface area contributed by atoms with Crippen molar-refractivity contribution in [2.45, 2.75) is 44.1 Å². The molecule has 1 aliphatic carbocycles. The van der Waals surface area contributed by atoms with Gasteiger partial charge in [0.1, 0.15) is 0 Å². The highest BCUT2D eigenvalue weighted by Crippen LogP contribution is 2.18. The summed E-state index contributed by atoms with van der Waals surface area (Å²) in [6, 6.07) is -0.684. The Kier molecular flexibility index (Phi) is 3.24. The molecule has 0 bridgehead atoms. The van der Waals surface area contributed by atoms with Crippen LogP contribution >= 0.6 is 0 Å². The van der Waals surface area contributed by atoms with E-state index in [0.717, 1.165) is 0 Å². The maximum Gasteiger partial charge on any atom is 0.217 e. The van der Waals surface area contributed by atoms with E-state index in [-0.39, 0.29) is 24.4 Å². The van der Waals surface area contributed by atoms with Gasteiger partial charge in [0.25, 0.3) is 0 Å². The van der Waals surface area contributed by atoms with Gasteiger partial charge in [-0.05, 0) is 6.42 Å². The largest absolute Gasteiger partial charge is 0.391 e. The number of nitrogens with one attached hydrogen (secondary N) is 1. The van der Waals surface area contributed by atoms with E-state index in [1.54, 1.807) is 0 Å². The summed E-state index contributed by atoms with van der Waals surface area (Å²) in [6.07, 6.45) is -0.715. The third-order valence-corrected chi connectivity index (χ3v) is 2.36. The topological polar surface area (TPSA) is 95.6 Å². The van der Waals surface area contributed by atoms with Crippen molar-refractivity contribution in [3.05, 3.63) is 0 Å². The molecule has 0 heterocycles. The van der Waals surface area contributed by atoms with Crippen molar-refractivity contribution in [3.63, 3.8) is 0 Å². The summed E-state index contributed by atoms with van der Waals surface area (Å²) in [5, 5.41) is 21.4. The van der Waals surface area contributed by atoms with Crippen LogP contribution in [0.1, 0.15) is 19.8 Å². The lowest BCUT2D eigenvalue weighted by molar-refractivity contribution is -0.121. The number of aliphatic hydroxyl groups is 2. The minimum atomic E-state index is -0.696. The van der Waals surface area contributed by atoms with Gasteiger partial charge in [0.15, 0.2) is 0 Å². The molecule has 0 aromatic heterocycles. The summed E-state index contributed by atoms with van der Waals surface area (Å²) in [7, 11) is 0. The second-order valence-electron chi connectivity index (χ2n) is 3.58. The monoisotopic (exact) mass is 188 g/mol. The molecule has 1 aliphatic rings. The quantitative estimate of drug-likeness (QED) is 0.396. The zero-order valence-corrected chi connectivity index (χ0v) is 7.60. The van der Waals surface area contributed by atoms with Crippen LogP contribution in [0.15, 0.2) is 0 Å². The molecule has 0 aromatic carbocycles. The molecular formula is C8H16N2O3. The highest BCUT2D eigenvalue weighted by atomic mass is 16.3. The molecule has 0 aromatic rings. The zero-order chi connectivity index (χ0) is 10.0. The minimum absolute atomic E-state index is 0.187. The Labute approximate surface area is 76.9 Å². The number of aliphatic hydroxyl groups excluding tert-OH is 2. The molecule has 5 heteroatoms. The number of nitrogens with two attached hydrogens (primary N) is 1.